The molecule has 2 N–H and O–H groups in total. The highest BCUT2D eigenvalue weighted by molar-refractivity contribution is 6.30. The van der Waals surface area contributed by atoms with Crippen molar-refractivity contribution in [1.82, 2.24) is 5.32 Å². The fourth-order valence-electron chi connectivity index (χ4n) is 2.54. The number of hydrogen-bond donors (Lipinski definition) is 2. The maximum Gasteiger partial charge on any atom is 0.433 e. The van der Waals surface area contributed by atoms with Crippen LogP contribution in [0.5, 0.6) is 0 Å². The monoisotopic (exact) mass is 425 g/mol. The normalized spacial score (nSPS) is 11.1. The Morgan fingerprint density at radius 1 is 1.10 bits per heavy atom. The molecule has 1 aromatic heterocycles. The predicted octanol–water partition coefficient (Wildman–Crippen LogP) is 4.56. The second-order valence-electron chi connectivity index (χ2n) is 6.28. The highest BCUT2D eigenvalue weighted by atomic mass is 35.5. The minimum absolute atomic E-state index is 0.0347. The van der Waals surface area contributed by atoms with Crippen molar-refractivity contribution in [3.63, 3.8) is 0 Å². The number of carbonyl (C=O) groups is 2. The van der Waals surface area contributed by atoms with Gasteiger partial charge in [-0.25, -0.2) is 0 Å². The summed E-state index contributed by atoms with van der Waals surface area (Å²) in [7, 11) is 0. The largest absolute Gasteiger partial charge is 0.433 e. The standard InChI is InChI=1S/C21H16ClN3O5/c1-13-3-2-4-16(11-13)23-21(27)18(12-17-9-10-19(30-17)25(28)29)24-20(26)14-5-7-15(22)8-6-14/h2-12H,1H3,(H,23,27)(H,24,26)/b18-12-. The summed E-state index contributed by atoms with van der Waals surface area (Å²) in [6.45, 7) is 1.87. The van der Waals surface area contributed by atoms with Crippen molar-refractivity contribution < 1.29 is 18.9 Å². The maximum atomic E-state index is 12.8. The molecule has 1 heterocycles. The molecule has 2 aromatic carbocycles. The Hall–Kier alpha value is -3.91. The van der Waals surface area contributed by atoms with Gasteiger partial charge in [-0.1, -0.05) is 23.7 Å². The summed E-state index contributed by atoms with van der Waals surface area (Å²) >= 11 is 5.84. The second-order valence-corrected chi connectivity index (χ2v) is 6.71. The number of rotatable bonds is 6. The van der Waals surface area contributed by atoms with Crippen LogP contribution in [0.15, 0.2) is 70.8 Å². The molecule has 3 rings (SSSR count). The molecule has 8 nitrogen and oxygen atoms in total. The van der Waals surface area contributed by atoms with Crippen molar-refractivity contribution in [2.24, 2.45) is 0 Å². The highest BCUT2D eigenvalue weighted by Gasteiger charge is 2.17. The Labute approximate surface area is 176 Å². The van der Waals surface area contributed by atoms with Crippen LogP contribution < -0.4 is 10.6 Å². The van der Waals surface area contributed by atoms with E-state index in [0.29, 0.717) is 10.7 Å². The number of amides is 2. The van der Waals surface area contributed by atoms with Gasteiger partial charge in [-0.15, -0.1) is 0 Å². The molecule has 9 heteroatoms. The third kappa shape index (κ3) is 5.33. The van der Waals surface area contributed by atoms with E-state index in [-0.39, 0.29) is 17.0 Å². The lowest BCUT2D eigenvalue weighted by Crippen LogP contribution is -2.30. The Morgan fingerprint density at radius 2 is 1.83 bits per heavy atom. The number of carbonyl (C=O) groups excluding carboxylic acids is 2. The fraction of sp³-hybridized carbons (Fsp3) is 0.0476. The average Bonchev–Trinajstić information content (AvgIpc) is 3.17. The molecule has 0 saturated heterocycles. The van der Waals surface area contributed by atoms with Gasteiger partial charge >= 0.3 is 5.88 Å². The first-order valence-corrected chi connectivity index (χ1v) is 9.10. The summed E-state index contributed by atoms with van der Waals surface area (Å²) < 4.78 is 5.07. The molecule has 0 aliphatic rings. The minimum Gasteiger partial charge on any atom is -0.401 e. The lowest BCUT2D eigenvalue weighted by Gasteiger charge is -2.11. The van der Waals surface area contributed by atoms with E-state index in [1.807, 2.05) is 13.0 Å². The summed E-state index contributed by atoms with van der Waals surface area (Å²) in [6, 6.07) is 15.7. The fourth-order valence-corrected chi connectivity index (χ4v) is 2.66. The first kappa shape index (κ1) is 20.8. The number of anilines is 1. The molecule has 2 amide bonds. The molecule has 0 bridgehead atoms. The molecule has 0 aliphatic heterocycles. The van der Waals surface area contributed by atoms with E-state index < -0.39 is 22.6 Å². The topological polar surface area (TPSA) is 114 Å². The molecule has 0 atom stereocenters. The number of nitrogens with one attached hydrogen (secondary N) is 2. The first-order valence-electron chi connectivity index (χ1n) is 8.73. The van der Waals surface area contributed by atoms with Crippen LogP contribution in [-0.4, -0.2) is 16.7 Å². The zero-order valence-corrected chi connectivity index (χ0v) is 16.5. The van der Waals surface area contributed by atoms with Crippen molar-refractivity contribution >= 4 is 41.1 Å². The van der Waals surface area contributed by atoms with Crippen molar-refractivity contribution in [3.05, 3.63) is 98.4 Å². The lowest BCUT2D eigenvalue weighted by molar-refractivity contribution is -0.402. The van der Waals surface area contributed by atoms with Gasteiger partial charge in [0.1, 0.15) is 16.4 Å². The Morgan fingerprint density at radius 3 is 2.47 bits per heavy atom. The van der Waals surface area contributed by atoms with E-state index in [9.17, 15) is 19.7 Å². The summed E-state index contributed by atoms with van der Waals surface area (Å²) in [5, 5.41) is 16.5. The van der Waals surface area contributed by atoms with Crippen LogP contribution in [-0.2, 0) is 4.79 Å². The van der Waals surface area contributed by atoms with Crippen LogP contribution in [0.1, 0.15) is 21.7 Å². The van der Waals surface area contributed by atoms with Gasteiger partial charge in [0.15, 0.2) is 0 Å². The zero-order valence-electron chi connectivity index (χ0n) is 15.7. The van der Waals surface area contributed by atoms with E-state index in [2.05, 4.69) is 10.6 Å². The molecule has 0 aliphatic carbocycles. The van der Waals surface area contributed by atoms with Crippen LogP contribution in [0.4, 0.5) is 11.6 Å². The van der Waals surface area contributed by atoms with E-state index >= 15 is 0 Å². The number of nitro groups is 1. The van der Waals surface area contributed by atoms with Gasteiger partial charge in [-0.3, -0.25) is 19.7 Å². The molecule has 0 radical (unpaired) electrons. The smallest absolute Gasteiger partial charge is 0.401 e. The molecule has 152 valence electrons. The average molecular weight is 426 g/mol. The van der Waals surface area contributed by atoms with Crippen molar-refractivity contribution in [1.29, 1.82) is 0 Å². The SMILES string of the molecule is Cc1cccc(NC(=O)/C(=C/c2ccc([N+](=O)[O-])o2)NC(=O)c2ccc(Cl)cc2)c1. The van der Waals surface area contributed by atoms with Crippen LogP contribution in [0.3, 0.4) is 0 Å². The highest BCUT2D eigenvalue weighted by Crippen LogP contribution is 2.19. The molecule has 0 unspecified atom stereocenters. The molecule has 0 saturated carbocycles. The molecule has 0 spiro atoms. The van der Waals surface area contributed by atoms with E-state index in [1.165, 1.54) is 24.3 Å². The first-order chi connectivity index (χ1) is 14.3. The molecular formula is C21H16ClN3O5. The van der Waals surface area contributed by atoms with Gasteiger partial charge in [0.25, 0.3) is 11.8 Å². The molecule has 0 fully saturated rings. The van der Waals surface area contributed by atoms with Crippen molar-refractivity contribution in [2.45, 2.75) is 6.92 Å². The number of hydrogen-bond acceptors (Lipinski definition) is 5. The summed E-state index contributed by atoms with van der Waals surface area (Å²) in [4.78, 5) is 35.5. The van der Waals surface area contributed by atoms with Crippen molar-refractivity contribution in [2.75, 3.05) is 5.32 Å². The van der Waals surface area contributed by atoms with E-state index in [0.717, 1.165) is 11.6 Å². The number of halogens is 1. The maximum absolute atomic E-state index is 12.8. The van der Waals surface area contributed by atoms with Crippen LogP contribution in [0.2, 0.25) is 5.02 Å². The Balaban J connectivity index is 1.89. The van der Waals surface area contributed by atoms with Gasteiger partial charge in [0.2, 0.25) is 0 Å². The number of benzene rings is 2. The Kier molecular flexibility index (Phi) is 6.29. The third-order valence-electron chi connectivity index (χ3n) is 3.95. The van der Waals surface area contributed by atoms with E-state index in [1.54, 1.807) is 30.3 Å². The number of furan rings is 1. The van der Waals surface area contributed by atoms with Gasteiger partial charge in [0.05, 0.1) is 6.07 Å². The van der Waals surface area contributed by atoms with Gasteiger partial charge in [-0.05, 0) is 55.0 Å². The summed E-state index contributed by atoms with van der Waals surface area (Å²) in [5.41, 5.74) is 1.59. The van der Waals surface area contributed by atoms with Gasteiger partial charge in [0, 0.05) is 22.3 Å². The molecule has 3 aromatic rings. The van der Waals surface area contributed by atoms with Crippen LogP contribution in [0.25, 0.3) is 6.08 Å². The molecule has 30 heavy (non-hydrogen) atoms. The second kappa shape index (κ2) is 9.06. The lowest BCUT2D eigenvalue weighted by atomic mass is 10.2. The van der Waals surface area contributed by atoms with Gasteiger partial charge in [-0.2, -0.15) is 0 Å². The molecular weight excluding hydrogens is 410 g/mol. The quantitative estimate of drug-likeness (QED) is 0.341. The van der Waals surface area contributed by atoms with Crippen LogP contribution in [0, 0.1) is 17.0 Å². The minimum atomic E-state index is -0.698. The summed E-state index contributed by atoms with van der Waals surface area (Å²) in [6.07, 6.45) is 1.21. The predicted molar refractivity (Wildman–Crippen MR) is 112 cm³/mol. The van der Waals surface area contributed by atoms with Gasteiger partial charge < -0.3 is 15.1 Å². The number of nitrogens with zero attached hydrogens (tertiary/aromatic N) is 1. The van der Waals surface area contributed by atoms with E-state index in [4.69, 9.17) is 16.0 Å². The van der Waals surface area contributed by atoms with Crippen LogP contribution >= 0.6 is 11.6 Å². The summed E-state index contributed by atoms with van der Waals surface area (Å²) in [5.74, 6) is -1.63. The third-order valence-corrected chi connectivity index (χ3v) is 4.21. The Bertz CT molecular complexity index is 1140. The van der Waals surface area contributed by atoms with Crippen molar-refractivity contribution in [3.8, 4) is 0 Å². The number of aryl methyl sites for hydroxylation is 1. The zero-order chi connectivity index (χ0) is 21.7.